The first-order chi connectivity index (χ1) is 18.0. The minimum atomic E-state index is -0.800. The molecule has 5 heterocycles. The van der Waals surface area contributed by atoms with Gasteiger partial charge in [0.05, 0.1) is 17.9 Å². The molecule has 0 radical (unpaired) electrons. The van der Waals surface area contributed by atoms with Gasteiger partial charge in [-0.25, -0.2) is 28.7 Å². The molecule has 3 N–H and O–H groups in total. The number of aromatic nitrogens is 5. The van der Waals surface area contributed by atoms with Crippen LogP contribution in [0.5, 0.6) is 0 Å². The summed E-state index contributed by atoms with van der Waals surface area (Å²) in [5.41, 5.74) is 2.70. The molecule has 10 heteroatoms. The van der Waals surface area contributed by atoms with Crippen LogP contribution in [0.3, 0.4) is 0 Å². The van der Waals surface area contributed by atoms with Crippen molar-refractivity contribution in [3.8, 4) is 11.4 Å². The Kier molecular flexibility index (Phi) is 6.33. The van der Waals surface area contributed by atoms with Gasteiger partial charge in [0.2, 0.25) is 0 Å². The van der Waals surface area contributed by atoms with Gasteiger partial charge in [-0.1, -0.05) is 13.3 Å². The number of piperidine rings is 1. The molecule has 2 aliphatic rings. The standard InChI is InChI=1S/C27H28F2N8/c1-15-11-30-7-6-21(15)34-27-24-19(16-3-2-4-16)13-31-14-22(24)35-25(37-27)17-5-8-32-23(9-17)36-26-20(29)10-18(28)12-33-26/h5,8-10,12-16,21,30H,2-4,6-7,11H2,1H3,(H,32,33,36)(H,34,35,37)/t15-,21-/m1/s1. The first-order valence-corrected chi connectivity index (χ1v) is 12.7. The molecule has 1 saturated carbocycles. The zero-order chi connectivity index (χ0) is 25.4. The topological polar surface area (TPSA) is 101 Å². The largest absolute Gasteiger partial charge is 0.366 e. The Labute approximate surface area is 213 Å². The molecule has 0 amide bonds. The molecule has 1 saturated heterocycles. The summed E-state index contributed by atoms with van der Waals surface area (Å²) in [6.45, 7) is 4.16. The summed E-state index contributed by atoms with van der Waals surface area (Å²) in [6, 6.07) is 4.60. The van der Waals surface area contributed by atoms with Crippen LogP contribution >= 0.6 is 0 Å². The maximum atomic E-state index is 14.1. The van der Waals surface area contributed by atoms with Gasteiger partial charge in [0.15, 0.2) is 17.5 Å². The maximum Gasteiger partial charge on any atom is 0.168 e. The Hall–Kier alpha value is -3.79. The fourth-order valence-corrected chi connectivity index (χ4v) is 5.04. The predicted octanol–water partition coefficient (Wildman–Crippen LogP) is 5.18. The third kappa shape index (κ3) is 4.81. The molecule has 0 bridgehead atoms. The van der Waals surface area contributed by atoms with Crippen molar-refractivity contribution in [2.75, 3.05) is 23.7 Å². The van der Waals surface area contributed by atoms with Gasteiger partial charge in [-0.15, -0.1) is 0 Å². The van der Waals surface area contributed by atoms with Crippen molar-refractivity contribution in [1.29, 1.82) is 0 Å². The molecule has 6 rings (SSSR count). The zero-order valence-electron chi connectivity index (χ0n) is 20.5. The van der Waals surface area contributed by atoms with Crippen LogP contribution in [0, 0.1) is 17.6 Å². The van der Waals surface area contributed by atoms with E-state index < -0.39 is 11.6 Å². The summed E-state index contributed by atoms with van der Waals surface area (Å²) in [7, 11) is 0. The smallest absolute Gasteiger partial charge is 0.168 e. The quantitative estimate of drug-likeness (QED) is 0.332. The number of nitrogens with one attached hydrogen (secondary N) is 3. The van der Waals surface area contributed by atoms with Crippen molar-refractivity contribution >= 4 is 28.4 Å². The summed E-state index contributed by atoms with van der Waals surface area (Å²) in [5.74, 6) is 0.961. The van der Waals surface area contributed by atoms with Gasteiger partial charge in [0, 0.05) is 35.5 Å². The highest BCUT2D eigenvalue weighted by molar-refractivity contribution is 5.93. The second-order valence-corrected chi connectivity index (χ2v) is 9.91. The van der Waals surface area contributed by atoms with Gasteiger partial charge in [0.1, 0.15) is 17.5 Å². The molecule has 8 nitrogen and oxygen atoms in total. The van der Waals surface area contributed by atoms with Gasteiger partial charge < -0.3 is 16.0 Å². The number of hydrogen-bond donors (Lipinski definition) is 3. The molecular weight excluding hydrogens is 474 g/mol. The Morgan fingerprint density at radius 3 is 2.68 bits per heavy atom. The average Bonchev–Trinajstić information content (AvgIpc) is 2.86. The molecule has 0 spiro atoms. The van der Waals surface area contributed by atoms with Crippen LogP contribution in [-0.2, 0) is 0 Å². The number of halogens is 2. The summed E-state index contributed by atoms with van der Waals surface area (Å²) < 4.78 is 27.4. The fourth-order valence-electron chi connectivity index (χ4n) is 5.04. The van der Waals surface area contributed by atoms with Gasteiger partial charge in [-0.2, -0.15) is 0 Å². The van der Waals surface area contributed by atoms with Gasteiger partial charge in [-0.3, -0.25) is 4.98 Å². The Bertz CT molecular complexity index is 1440. The van der Waals surface area contributed by atoms with Crippen molar-refractivity contribution in [3.63, 3.8) is 0 Å². The van der Waals surface area contributed by atoms with E-state index in [2.05, 4.69) is 37.8 Å². The monoisotopic (exact) mass is 502 g/mol. The van der Waals surface area contributed by atoms with E-state index >= 15 is 0 Å². The third-order valence-corrected chi connectivity index (χ3v) is 7.36. The van der Waals surface area contributed by atoms with E-state index in [4.69, 9.17) is 9.97 Å². The normalized spacial score (nSPS) is 20.0. The van der Waals surface area contributed by atoms with Crippen molar-refractivity contribution in [2.45, 2.75) is 44.6 Å². The zero-order valence-corrected chi connectivity index (χ0v) is 20.5. The number of hydrogen-bond acceptors (Lipinski definition) is 8. The summed E-state index contributed by atoms with van der Waals surface area (Å²) in [5, 5.41) is 11.1. The highest BCUT2D eigenvalue weighted by Crippen LogP contribution is 2.41. The van der Waals surface area contributed by atoms with Crippen LogP contribution in [0.2, 0.25) is 0 Å². The molecule has 37 heavy (non-hydrogen) atoms. The van der Waals surface area contributed by atoms with Gasteiger partial charge in [0.25, 0.3) is 0 Å². The van der Waals surface area contributed by atoms with Crippen LogP contribution in [-0.4, -0.2) is 44.1 Å². The molecular formula is C27H28F2N8. The Morgan fingerprint density at radius 2 is 1.89 bits per heavy atom. The SMILES string of the molecule is C[C@@H]1CNCC[C@H]1Nc1nc(-c2ccnc(Nc3ncc(F)cc3F)c2)nc2cncc(C3CCC3)c12. The molecule has 2 atom stereocenters. The molecule has 4 aromatic rings. The number of pyridine rings is 3. The van der Waals surface area contributed by atoms with Crippen LogP contribution in [0.1, 0.15) is 44.1 Å². The van der Waals surface area contributed by atoms with E-state index in [0.717, 1.165) is 61.3 Å². The van der Waals surface area contributed by atoms with Gasteiger partial charge in [-0.05, 0) is 61.9 Å². The van der Waals surface area contributed by atoms with Crippen LogP contribution < -0.4 is 16.0 Å². The lowest BCUT2D eigenvalue weighted by molar-refractivity contribution is 0.368. The summed E-state index contributed by atoms with van der Waals surface area (Å²) in [6.07, 6.45) is 10.8. The summed E-state index contributed by atoms with van der Waals surface area (Å²) in [4.78, 5) is 22.5. The lowest BCUT2D eigenvalue weighted by Crippen LogP contribution is -2.42. The lowest BCUT2D eigenvalue weighted by Gasteiger charge is -2.32. The molecule has 0 aromatic carbocycles. The average molecular weight is 503 g/mol. The minimum absolute atomic E-state index is 0.109. The first kappa shape index (κ1) is 23.6. The van der Waals surface area contributed by atoms with Crippen LogP contribution in [0.25, 0.3) is 22.3 Å². The molecule has 1 aliphatic carbocycles. The highest BCUT2D eigenvalue weighted by Gasteiger charge is 2.27. The number of anilines is 3. The number of nitrogens with zero attached hydrogens (tertiary/aromatic N) is 5. The van der Waals surface area contributed by atoms with E-state index in [1.54, 1.807) is 24.5 Å². The van der Waals surface area contributed by atoms with Crippen molar-refractivity contribution in [3.05, 3.63) is 60.2 Å². The predicted molar refractivity (Wildman–Crippen MR) is 139 cm³/mol. The molecule has 190 valence electrons. The molecule has 4 aromatic heterocycles. The van der Waals surface area contributed by atoms with E-state index in [1.807, 2.05) is 6.20 Å². The van der Waals surface area contributed by atoms with Gasteiger partial charge >= 0.3 is 0 Å². The van der Waals surface area contributed by atoms with E-state index in [1.165, 1.54) is 12.0 Å². The van der Waals surface area contributed by atoms with Crippen LogP contribution in [0.15, 0.2) is 43.0 Å². The number of rotatable bonds is 6. The first-order valence-electron chi connectivity index (χ1n) is 12.7. The molecule has 0 unspecified atom stereocenters. The summed E-state index contributed by atoms with van der Waals surface area (Å²) >= 11 is 0. The van der Waals surface area contributed by atoms with E-state index in [-0.39, 0.29) is 11.9 Å². The fraction of sp³-hybridized carbons (Fsp3) is 0.370. The second kappa shape index (κ2) is 9.93. The van der Waals surface area contributed by atoms with Crippen molar-refractivity contribution in [2.24, 2.45) is 5.92 Å². The van der Waals surface area contributed by atoms with Crippen LogP contribution in [0.4, 0.5) is 26.2 Å². The lowest BCUT2D eigenvalue weighted by atomic mass is 9.79. The van der Waals surface area contributed by atoms with E-state index in [9.17, 15) is 8.78 Å². The highest BCUT2D eigenvalue weighted by atomic mass is 19.1. The van der Waals surface area contributed by atoms with Crippen molar-refractivity contribution in [1.82, 2.24) is 30.2 Å². The molecule has 1 aliphatic heterocycles. The van der Waals surface area contributed by atoms with Crippen molar-refractivity contribution < 1.29 is 8.78 Å². The number of fused-ring (bicyclic) bond motifs is 1. The second-order valence-electron chi connectivity index (χ2n) is 9.91. The van der Waals surface area contributed by atoms with E-state index in [0.29, 0.717) is 29.0 Å². The minimum Gasteiger partial charge on any atom is -0.366 e. The Balaban J connectivity index is 1.41. The Morgan fingerprint density at radius 1 is 1.00 bits per heavy atom. The maximum absolute atomic E-state index is 14.1. The molecule has 2 fully saturated rings. The third-order valence-electron chi connectivity index (χ3n) is 7.36.